The van der Waals surface area contributed by atoms with Gasteiger partial charge >= 0.3 is 5.97 Å². The van der Waals surface area contributed by atoms with Gasteiger partial charge in [-0.3, -0.25) is 9.59 Å². The summed E-state index contributed by atoms with van der Waals surface area (Å²) in [6.07, 6.45) is 59.0. The molecule has 2 atom stereocenters. The predicted molar refractivity (Wildman–Crippen MR) is 260 cm³/mol. The summed E-state index contributed by atoms with van der Waals surface area (Å²) < 4.78 is 5.46. The zero-order valence-corrected chi connectivity index (χ0v) is 40.2. The van der Waals surface area contributed by atoms with E-state index in [1.54, 1.807) is 6.08 Å². The molecule has 0 heterocycles. The van der Waals surface area contributed by atoms with Crippen LogP contribution in [0.1, 0.15) is 284 Å². The van der Waals surface area contributed by atoms with Crippen LogP contribution in [0, 0.1) is 0 Å². The maximum absolute atomic E-state index is 12.4. The van der Waals surface area contributed by atoms with Gasteiger partial charge in [-0.25, -0.2) is 0 Å². The van der Waals surface area contributed by atoms with E-state index >= 15 is 0 Å². The maximum atomic E-state index is 12.4. The second-order valence-electron chi connectivity index (χ2n) is 18.2. The molecule has 3 N–H and O–H groups in total. The largest absolute Gasteiger partial charge is 0.466 e. The van der Waals surface area contributed by atoms with Crippen molar-refractivity contribution in [1.82, 2.24) is 5.32 Å². The highest BCUT2D eigenvalue weighted by atomic mass is 16.5. The minimum Gasteiger partial charge on any atom is -0.466 e. The number of esters is 1. The quantitative estimate of drug-likeness (QED) is 0.0322. The fraction of sp³-hybridized carbons (Fsp3) is 0.889. The summed E-state index contributed by atoms with van der Waals surface area (Å²) in [7, 11) is 0. The van der Waals surface area contributed by atoms with E-state index in [1.807, 2.05) is 6.08 Å². The lowest BCUT2D eigenvalue weighted by Crippen LogP contribution is -2.45. The molecule has 0 bridgehead atoms. The summed E-state index contributed by atoms with van der Waals surface area (Å²) in [5, 5.41) is 23.0. The van der Waals surface area contributed by atoms with Crippen LogP contribution >= 0.6 is 0 Å². The van der Waals surface area contributed by atoms with Gasteiger partial charge in [0.05, 0.1) is 25.4 Å². The van der Waals surface area contributed by atoms with Crippen LogP contribution in [0.25, 0.3) is 0 Å². The fourth-order valence-electron chi connectivity index (χ4n) is 8.10. The van der Waals surface area contributed by atoms with Gasteiger partial charge in [0.2, 0.25) is 5.91 Å². The number of nitrogens with one attached hydrogen (secondary N) is 1. The lowest BCUT2D eigenvalue weighted by Gasteiger charge is -2.20. The second kappa shape index (κ2) is 50.0. The molecule has 0 saturated carbocycles. The van der Waals surface area contributed by atoms with Crippen LogP contribution in [0.3, 0.4) is 0 Å². The monoisotopic (exact) mass is 846 g/mol. The van der Waals surface area contributed by atoms with E-state index < -0.39 is 12.1 Å². The van der Waals surface area contributed by atoms with Gasteiger partial charge in [-0.2, -0.15) is 0 Å². The number of aliphatic hydroxyl groups excluding tert-OH is 2. The molecule has 0 aliphatic rings. The summed E-state index contributed by atoms with van der Waals surface area (Å²) in [6.45, 7) is 4.85. The molecule has 0 aliphatic carbocycles. The van der Waals surface area contributed by atoms with Gasteiger partial charge in [0.1, 0.15) is 0 Å². The molecule has 6 nitrogen and oxygen atoms in total. The van der Waals surface area contributed by atoms with Gasteiger partial charge < -0.3 is 20.3 Å². The first-order valence-electron chi connectivity index (χ1n) is 26.6. The van der Waals surface area contributed by atoms with Crippen molar-refractivity contribution >= 4 is 11.9 Å². The number of amides is 1. The molecular weight excluding hydrogens is 743 g/mol. The molecule has 354 valence electrons. The highest BCUT2D eigenvalue weighted by Crippen LogP contribution is 2.16. The average molecular weight is 846 g/mol. The molecule has 0 rings (SSSR count). The Morgan fingerprint density at radius 3 is 1.18 bits per heavy atom. The number of hydrogen-bond acceptors (Lipinski definition) is 5. The first kappa shape index (κ1) is 58.3. The van der Waals surface area contributed by atoms with Gasteiger partial charge in [0.25, 0.3) is 0 Å². The molecule has 0 saturated heterocycles. The van der Waals surface area contributed by atoms with Crippen molar-refractivity contribution in [2.45, 2.75) is 296 Å². The van der Waals surface area contributed by atoms with Crippen molar-refractivity contribution in [3.8, 4) is 0 Å². The number of aliphatic hydroxyl groups is 2. The highest BCUT2D eigenvalue weighted by molar-refractivity contribution is 5.76. The smallest absolute Gasteiger partial charge is 0.305 e. The van der Waals surface area contributed by atoms with Crippen molar-refractivity contribution in [2.24, 2.45) is 0 Å². The normalized spacial score (nSPS) is 12.8. The van der Waals surface area contributed by atoms with Crippen molar-refractivity contribution in [2.75, 3.05) is 13.2 Å². The predicted octanol–water partition coefficient (Wildman–Crippen LogP) is 15.9. The van der Waals surface area contributed by atoms with Crippen molar-refractivity contribution < 1.29 is 24.5 Å². The van der Waals surface area contributed by atoms with Crippen molar-refractivity contribution in [3.63, 3.8) is 0 Å². The Hall–Kier alpha value is -1.66. The minimum atomic E-state index is -0.859. The molecule has 0 aromatic heterocycles. The molecule has 2 unspecified atom stereocenters. The molecule has 0 aromatic carbocycles. The standard InChI is InChI=1S/C54H103NO5/c1-3-5-7-9-11-13-15-17-18-19-20-21-23-28-32-36-40-44-48-54(59)60-49-45-41-37-33-29-25-24-27-31-35-39-43-47-53(58)55-51(50-56)52(57)46-42-38-34-30-26-22-16-14-12-10-8-6-4-2/h25,29,42,46,51-52,56-57H,3-24,26-28,30-41,43-45,47-50H2,1-2H3,(H,55,58)/b29-25-,46-42+. The van der Waals surface area contributed by atoms with Gasteiger partial charge in [-0.1, -0.05) is 231 Å². The molecule has 0 radical (unpaired) electrons. The van der Waals surface area contributed by atoms with E-state index in [0.29, 0.717) is 19.4 Å². The van der Waals surface area contributed by atoms with Crippen molar-refractivity contribution in [3.05, 3.63) is 24.3 Å². The topological polar surface area (TPSA) is 95.9 Å². The Bertz CT molecular complexity index is 935. The third-order valence-electron chi connectivity index (χ3n) is 12.2. The summed E-state index contributed by atoms with van der Waals surface area (Å²) in [6, 6.07) is -0.645. The molecule has 6 heteroatoms. The highest BCUT2D eigenvalue weighted by Gasteiger charge is 2.18. The number of allylic oxidation sites excluding steroid dienone is 3. The zero-order valence-electron chi connectivity index (χ0n) is 40.2. The van der Waals surface area contributed by atoms with E-state index in [0.717, 1.165) is 77.0 Å². The second-order valence-corrected chi connectivity index (χ2v) is 18.2. The SMILES string of the molecule is CCCCCCCCCCCCC/C=C/C(O)C(CO)NC(=O)CCCCCCC/C=C\CCCCCOC(=O)CCCCCCCCCCCCCCCCCCCC. The van der Waals surface area contributed by atoms with Crippen LogP contribution in [0.5, 0.6) is 0 Å². The molecule has 0 aromatic rings. The summed E-state index contributed by atoms with van der Waals surface area (Å²) >= 11 is 0. The van der Waals surface area contributed by atoms with Gasteiger partial charge in [-0.15, -0.1) is 0 Å². The first-order valence-corrected chi connectivity index (χ1v) is 26.6. The van der Waals surface area contributed by atoms with Gasteiger partial charge in [0, 0.05) is 12.8 Å². The Balaban J connectivity index is 3.50. The first-order chi connectivity index (χ1) is 29.5. The van der Waals surface area contributed by atoms with Crippen LogP contribution in [0.15, 0.2) is 24.3 Å². The molecule has 60 heavy (non-hydrogen) atoms. The molecular formula is C54H103NO5. The molecule has 1 amide bonds. The van der Waals surface area contributed by atoms with Crippen molar-refractivity contribution in [1.29, 1.82) is 0 Å². The van der Waals surface area contributed by atoms with Crippen LogP contribution in [0.4, 0.5) is 0 Å². The van der Waals surface area contributed by atoms with E-state index in [1.165, 1.54) is 180 Å². The fourth-order valence-corrected chi connectivity index (χ4v) is 8.10. The lowest BCUT2D eigenvalue weighted by molar-refractivity contribution is -0.143. The number of carbonyl (C=O) groups is 2. The van der Waals surface area contributed by atoms with Crippen LogP contribution < -0.4 is 5.32 Å². The zero-order chi connectivity index (χ0) is 43.7. The van der Waals surface area contributed by atoms with Crippen LogP contribution in [-0.4, -0.2) is 47.4 Å². The van der Waals surface area contributed by atoms with E-state index in [-0.39, 0.29) is 18.5 Å². The molecule has 0 aliphatic heterocycles. The minimum absolute atomic E-state index is 0.0203. The summed E-state index contributed by atoms with van der Waals surface area (Å²) in [5.41, 5.74) is 0. The average Bonchev–Trinajstić information content (AvgIpc) is 3.25. The molecule has 0 spiro atoms. The Morgan fingerprint density at radius 1 is 0.450 bits per heavy atom. The third kappa shape index (κ3) is 45.9. The summed E-state index contributed by atoms with van der Waals surface area (Å²) in [4.78, 5) is 24.5. The Kier molecular flexibility index (Phi) is 48.6. The van der Waals surface area contributed by atoms with E-state index in [9.17, 15) is 19.8 Å². The van der Waals surface area contributed by atoms with Crippen LogP contribution in [-0.2, 0) is 14.3 Å². The summed E-state index contributed by atoms with van der Waals surface area (Å²) in [5.74, 6) is -0.114. The van der Waals surface area contributed by atoms with E-state index in [2.05, 4.69) is 31.3 Å². The number of ether oxygens (including phenoxy) is 1. The lowest BCUT2D eigenvalue weighted by atomic mass is 10.0. The Morgan fingerprint density at radius 2 is 0.783 bits per heavy atom. The maximum Gasteiger partial charge on any atom is 0.305 e. The third-order valence-corrected chi connectivity index (χ3v) is 12.2. The number of rotatable bonds is 49. The number of unbranched alkanes of at least 4 members (excludes halogenated alkanes) is 36. The number of carbonyl (C=O) groups excluding carboxylic acids is 2. The van der Waals surface area contributed by atoms with Gasteiger partial charge in [0.15, 0.2) is 0 Å². The van der Waals surface area contributed by atoms with Crippen LogP contribution in [0.2, 0.25) is 0 Å². The Labute approximate surface area is 373 Å². The van der Waals surface area contributed by atoms with E-state index in [4.69, 9.17) is 4.74 Å². The molecule has 0 fully saturated rings. The number of hydrogen-bond donors (Lipinski definition) is 3. The van der Waals surface area contributed by atoms with Gasteiger partial charge in [-0.05, 0) is 64.2 Å².